The van der Waals surface area contributed by atoms with Gasteiger partial charge in [0.1, 0.15) is 0 Å². The molecule has 0 saturated carbocycles. The maximum Gasteiger partial charge on any atom is 0.293 e. The van der Waals surface area contributed by atoms with Gasteiger partial charge in [-0.1, -0.05) is 17.4 Å². The van der Waals surface area contributed by atoms with Gasteiger partial charge in [-0.2, -0.15) is 9.78 Å². The van der Waals surface area contributed by atoms with Gasteiger partial charge in [-0.05, 0) is 49.6 Å². The molecular weight excluding hydrogens is 338 g/mol. The first-order valence-electron chi connectivity index (χ1n) is 8.22. The lowest BCUT2D eigenvalue weighted by Gasteiger charge is -2.12. The Kier molecular flexibility index (Phi) is 5.37. The third kappa shape index (κ3) is 3.94. The average molecular weight is 359 g/mol. The van der Waals surface area contributed by atoms with Crippen molar-refractivity contribution < 1.29 is 9.42 Å². The van der Waals surface area contributed by atoms with Crippen molar-refractivity contribution in [3.8, 4) is 5.82 Å². The van der Waals surface area contributed by atoms with E-state index in [9.17, 15) is 4.79 Å². The first-order chi connectivity index (χ1) is 12.6. The van der Waals surface area contributed by atoms with Crippen LogP contribution in [0.5, 0.6) is 0 Å². The first-order valence-corrected chi connectivity index (χ1v) is 8.22. The molecule has 0 aromatic carbocycles. The number of aromatic nitrogens is 5. The molecular formula is C15H21N9O2. The topological polar surface area (TPSA) is 140 Å². The van der Waals surface area contributed by atoms with Crippen LogP contribution in [-0.4, -0.2) is 56.4 Å². The fourth-order valence-electron chi connectivity index (χ4n) is 2.63. The second-order valence-electron chi connectivity index (χ2n) is 6.27. The molecule has 0 saturated heterocycles. The number of hydrogen-bond acceptors (Lipinski definition) is 9. The number of rotatable bonds is 6. The molecule has 138 valence electrons. The van der Waals surface area contributed by atoms with Crippen LogP contribution in [-0.2, 0) is 6.54 Å². The van der Waals surface area contributed by atoms with E-state index in [1.165, 1.54) is 4.68 Å². The third-order valence-electron chi connectivity index (χ3n) is 3.90. The number of amides is 1. The number of carbonyl (C=O) groups is 1. The number of carbonyl (C=O) groups excluding carboxylic acids is 1. The van der Waals surface area contributed by atoms with E-state index in [1.54, 1.807) is 6.21 Å². The van der Waals surface area contributed by atoms with Gasteiger partial charge in [0.15, 0.2) is 5.69 Å². The lowest BCUT2D eigenvalue weighted by Crippen LogP contribution is -2.23. The molecule has 0 fully saturated rings. The van der Waals surface area contributed by atoms with Crippen LogP contribution < -0.4 is 11.2 Å². The SMILES string of the molecule is CN(C)Cc1c(C(=O)NN=CC2CC=CCC2)nnn1-c1nonc1N. The molecule has 3 rings (SSSR count). The summed E-state index contributed by atoms with van der Waals surface area (Å²) in [5.41, 5.74) is 8.88. The highest BCUT2D eigenvalue weighted by molar-refractivity contribution is 5.93. The minimum Gasteiger partial charge on any atom is -0.378 e. The van der Waals surface area contributed by atoms with Crippen molar-refractivity contribution in [2.75, 3.05) is 19.8 Å². The molecule has 1 atom stereocenters. The molecule has 11 heteroatoms. The zero-order chi connectivity index (χ0) is 18.5. The Balaban J connectivity index is 1.79. The Morgan fingerprint density at radius 1 is 1.50 bits per heavy atom. The predicted octanol–water partition coefficient (Wildman–Crippen LogP) is 0.366. The van der Waals surface area contributed by atoms with E-state index in [0.717, 1.165) is 19.3 Å². The molecule has 2 aromatic heterocycles. The van der Waals surface area contributed by atoms with Crippen LogP contribution in [0.15, 0.2) is 21.9 Å². The van der Waals surface area contributed by atoms with Crippen LogP contribution in [0, 0.1) is 5.92 Å². The van der Waals surface area contributed by atoms with Gasteiger partial charge < -0.3 is 10.6 Å². The van der Waals surface area contributed by atoms with Crippen LogP contribution in [0.4, 0.5) is 5.82 Å². The summed E-state index contributed by atoms with van der Waals surface area (Å²) in [5, 5.41) is 19.2. The monoisotopic (exact) mass is 359 g/mol. The molecule has 2 aromatic rings. The molecule has 11 nitrogen and oxygen atoms in total. The van der Waals surface area contributed by atoms with Crippen LogP contribution in [0.1, 0.15) is 35.4 Å². The van der Waals surface area contributed by atoms with Crippen molar-refractivity contribution in [2.24, 2.45) is 11.0 Å². The van der Waals surface area contributed by atoms with Gasteiger partial charge in [-0.15, -0.1) is 5.10 Å². The number of nitrogens with zero attached hydrogens (tertiary/aromatic N) is 7. The highest BCUT2D eigenvalue weighted by Gasteiger charge is 2.24. The van der Waals surface area contributed by atoms with Gasteiger partial charge in [-0.3, -0.25) is 4.79 Å². The fraction of sp³-hybridized carbons (Fsp3) is 0.467. The van der Waals surface area contributed by atoms with Crippen molar-refractivity contribution in [3.05, 3.63) is 23.5 Å². The first kappa shape index (κ1) is 17.7. The van der Waals surface area contributed by atoms with E-state index in [4.69, 9.17) is 5.73 Å². The number of anilines is 1. The van der Waals surface area contributed by atoms with Crippen molar-refractivity contribution >= 4 is 17.9 Å². The fourth-order valence-corrected chi connectivity index (χ4v) is 2.63. The number of nitrogen functional groups attached to an aromatic ring is 1. The summed E-state index contributed by atoms with van der Waals surface area (Å²) >= 11 is 0. The minimum absolute atomic E-state index is 0.0604. The van der Waals surface area contributed by atoms with Crippen LogP contribution >= 0.6 is 0 Å². The van der Waals surface area contributed by atoms with Gasteiger partial charge in [0.25, 0.3) is 5.91 Å². The summed E-state index contributed by atoms with van der Waals surface area (Å²) < 4.78 is 5.95. The summed E-state index contributed by atoms with van der Waals surface area (Å²) in [5.74, 6) is 0.125. The molecule has 3 N–H and O–H groups in total. The second-order valence-corrected chi connectivity index (χ2v) is 6.27. The van der Waals surface area contributed by atoms with Gasteiger partial charge in [0.05, 0.1) is 5.69 Å². The lowest BCUT2D eigenvalue weighted by atomic mass is 9.96. The number of allylic oxidation sites excluding steroid dienone is 2. The summed E-state index contributed by atoms with van der Waals surface area (Å²) in [6.45, 7) is 0.388. The Morgan fingerprint density at radius 3 is 3.00 bits per heavy atom. The molecule has 1 unspecified atom stereocenters. The lowest BCUT2D eigenvalue weighted by molar-refractivity contribution is 0.0948. The van der Waals surface area contributed by atoms with Gasteiger partial charge in [0, 0.05) is 12.8 Å². The van der Waals surface area contributed by atoms with E-state index in [2.05, 4.69) is 47.9 Å². The Labute approximate surface area is 149 Å². The van der Waals surface area contributed by atoms with Gasteiger partial charge >= 0.3 is 0 Å². The third-order valence-corrected chi connectivity index (χ3v) is 3.90. The van der Waals surface area contributed by atoms with Crippen LogP contribution in [0.2, 0.25) is 0 Å². The quantitative estimate of drug-likeness (QED) is 0.428. The zero-order valence-electron chi connectivity index (χ0n) is 14.7. The van der Waals surface area contributed by atoms with E-state index in [1.807, 2.05) is 19.0 Å². The Hall–Kier alpha value is -3.08. The maximum atomic E-state index is 12.5. The molecule has 0 aliphatic heterocycles. The standard InChI is InChI=1S/C15H21N9O2/c1-23(2)9-11-12(18-22-24(11)14-13(16)20-26-21-14)15(25)19-17-8-10-6-4-3-5-7-10/h3-4,8,10H,5-7,9H2,1-2H3,(H2,16,20)(H,19,25). The summed E-state index contributed by atoms with van der Waals surface area (Å²) in [6.07, 6.45) is 9.02. The summed E-state index contributed by atoms with van der Waals surface area (Å²) in [6, 6.07) is 0. The van der Waals surface area contributed by atoms with E-state index in [-0.39, 0.29) is 17.3 Å². The summed E-state index contributed by atoms with van der Waals surface area (Å²) in [7, 11) is 3.72. The van der Waals surface area contributed by atoms with E-state index in [0.29, 0.717) is 18.2 Å². The number of hydrogen-bond donors (Lipinski definition) is 2. The van der Waals surface area contributed by atoms with Crippen LogP contribution in [0.3, 0.4) is 0 Å². The van der Waals surface area contributed by atoms with Gasteiger partial charge in [0.2, 0.25) is 11.6 Å². The predicted molar refractivity (Wildman–Crippen MR) is 93.5 cm³/mol. The van der Waals surface area contributed by atoms with Gasteiger partial charge in [-0.25, -0.2) is 10.1 Å². The Morgan fingerprint density at radius 2 is 2.35 bits per heavy atom. The van der Waals surface area contributed by atoms with E-state index >= 15 is 0 Å². The number of hydrazone groups is 1. The van der Waals surface area contributed by atoms with Crippen molar-refractivity contribution in [2.45, 2.75) is 25.8 Å². The number of nitrogens with two attached hydrogens (primary N) is 1. The van der Waals surface area contributed by atoms with Crippen molar-refractivity contribution in [1.82, 2.24) is 35.6 Å². The Bertz CT molecular complexity index is 821. The summed E-state index contributed by atoms with van der Waals surface area (Å²) in [4.78, 5) is 14.4. The second kappa shape index (κ2) is 7.87. The highest BCUT2D eigenvalue weighted by atomic mass is 16.6. The molecule has 1 amide bonds. The average Bonchev–Trinajstić information content (AvgIpc) is 3.21. The van der Waals surface area contributed by atoms with Crippen molar-refractivity contribution in [3.63, 3.8) is 0 Å². The molecule has 26 heavy (non-hydrogen) atoms. The minimum atomic E-state index is -0.453. The highest BCUT2D eigenvalue weighted by Crippen LogP contribution is 2.17. The molecule has 0 bridgehead atoms. The smallest absolute Gasteiger partial charge is 0.293 e. The largest absolute Gasteiger partial charge is 0.378 e. The zero-order valence-corrected chi connectivity index (χ0v) is 14.7. The van der Waals surface area contributed by atoms with Crippen LogP contribution in [0.25, 0.3) is 5.82 Å². The molecule has 1 aliphatic rings. The molecule has 1 aliphatic carbocycles. The molecule has 2 heterocycles. The van der Waals surface area contributed by atoms with Crippen molar-refractivity contribution in [1.29, 1.82) is 0 Å². The normalized spacial score (nSPS) is 17.3. The van der Waals surface area contributed by atoms with E-state index < -0.39 is 5.91 Å². The molecule has 0 radical (unpaired) electrons. The number of nitrogens with one attached hydrogen (secondary N) is 1. The molecule has 0 spiro atoms. The maximum absolute atomic E-state index is 12.5.